The van der Waals surface area contributed by atoms with Crippen molar-refractivity contribution >= 4 is 0 Å². The third-order valence-electron chi connectivity index (χ3n) is 12.5. The first-order valence-electron chi connectivity index (χ1n) is 21.3. The van der Waals surface area contributed by atoms with Crippen LogP contribution < -0.4 is 0 Å². The van der Waals surface area contributed by atoms with Crippen LogP contribution in [0.2, 0.25) is 0 Å². The molecule has 294 valence electrons. The van der Waals surface area contributed by atoms with Crippen molar-refractivity contribution in [1.82, 2.24) is 9.97 Å². The van der Waals surface area contributed by atoms with Gasteiger partial charge in [-0.15, -0.1) is 0 Å². The molecule has 3 heteroatoms. The topological polar surface area (TPSA) is 49.6 Å². The summed E-state index contributed by atoms with van der Waals surface area (Å²) in [6.07, 6.45) is 0. The zero-order valence-electron chi connectivity index (χ0n) is 34.4. The summed E-state index contributed by atoms with van der Waals surface area (Å²) in [5.41, 5.74) is 18.6. The summed E-state index contributed by atoms with van der Waals surface area (Å²) in [6.45, 7) is 0. The van der Waals surface area contributed by atoms with Crippen molar-refractivity contribution in [3.63, 3.8) is 0 Å². The second-order valence-electron chi connectivity index (χ2n) is 16.0. The summed E-state index contributed by atoms with van der Waals surface area (Å²) in [5, 5.41) is 10.1. The summed E-state index contributed by atoms with van der Waals surface area (Å²) in [7, 11) is 0. The summed E-state index contributed by atoms with van der Waals surface area (Å²) < 4.78 is 0. The van der Waals surface area contributed by atoms with Gasteiger partial charge in [-0.05, 0) is 91.0 Å². The molecule has 0 bridgehead atoms. The summed E-state index contributed by atoms with van der Waals surface area (Å²) in [4.78, 5) is 10.4. The van der Waals surface area contributed by atoms with Crippen LogP contribution in [0.15, 0.2) is 237 Å². The molecule has 0 N–H and O–H groups in total. The molecule has 11 rings (SSSR count). The largest absolute Gasteiger partial charge is 0.228 e. The van der Waals surface area contributed by atoms with Gasteiger partial charge in [0.1, 0.15) is 0 Å². The van der Waals surface area contributed by atoms with E-state index in [4.69, 9.17) is 9.97 Å². The lowest BCUT2D eigenvalue weighted by atomic mass is 9.67. The average Bonchev–Trinajstić information content (AvgIpc) is 3.67. The van der Waals surface area contributed by atoms with E-state index >= 15 is 0 Å². The molecule has 0 fully saturated rings. The zero-order chi connectivity index (χ0) is 42.2. The van der Waals surface area contributed by atoms with Crippen LogP contribution in [0, 0.1) is 11.3 Å². The average molecular weight is 802 g/mol. The Labute approximate surface area is 368 Å². The minimum atomic E-state index is -0.612. The van der Waals surface area contributed by atoms with Crippen molar-refractivity contribution in [2.45, 2.75) is 5.41 Å². The fourth-order valence-electron chi connectivity index (χ4n) is 9.35. The molecule has 1 aliphatic carbocycles. The van der Waals surface area contributed by atoms with Crippen LogP contribution >= 0.6 is 0 Å². The molecule has 0 amide bonds. The maximum absolute atomic E-state index is 10.1. The molecule has 0 saturated carbocycles. The lowest BCUT2D eigenvalue weighted by Gasteiger charge is -2.34. The van der Waals surface area contributed by atoms with Crippen LogP contribution in [0.3, 0.4) is 0 Å². The van der Waals surface area contributed by atoms with Gasteiger partial charge in [-0.3, -0.25) is 0 Å². The van der Waals surface area contributed by atoms with E-state index in [1.54, 1.807) is 0 Å². The first kappa shape index (κ1) is 37.5. The molecule has 3 nitrogen and oxygen atoms in total. The minimum Gasteiger partial charge on any atom is -0.228 e. The first-order chi connectivity index (χ1) is 31.2. The van der Waals surface area contributed by atoms with Gasteiger partial charge in [0.15, 0.2) is 5.82 Å². The standard InChI is InChI=1S/C60H39N3/c61-40-41-21-35-53-54-36-34-50(38-56(54)60(55(53)37-41,51-17-9-3-10-18-51)52-19-11-4-12-20-52)46-26-32-49(33-27-46)59-62-57(47-28-22-44(23-29-47)42-13-5-1-6-14-42)39-58(63-59)48-30-24-45(25-31-48)43-15-7-2-8-16-43/h1-39H. The molecule has 0 unspecified atom stereocenters. The molecule has 1 aliphatic rings. The van der Waals surface area contributed by atoms with E-state index in [0.717, 1.165) is 72.6 Å². The number of aromatic nitrogens is 2. The summed E-state index contributed by atoms with van der Waals surface area (Å²) >= 11 is 0. The number of hydrogen-bond acceptors (Lipinski definition) is 3. The van der Waals surface area contributed by atoms with Gasteiger partial charge in [-0.2, -0.15) is 5.26 Å². The molecular weight excluding hydrogens is 763 g/mol. The fourth-order valence-corrected chi connectivity index (χ4v) is 9.35. The van der Waals surface area contributed by atoms with Crippen LogP contribution in [-0.2, 0) is 5.41 Å². The van der Waals surface area contributed by atoms with Crippen LogP contribution in [0.4, 0.5) is 0 Å². The Kier molecular flexibility index (Phi) is 9.45. The van der Waals surface area contributed by atoms with Crippen molar-refractivity contribution in [2.75, 3.05) is 0 Å². The van der Waals surface area contributed by atoms with Crippen LogP contribution in [0.1, 0.15) is 27.8 Å². The zero-order valence-corrected chi connectivity index (χ0v) is 34.4. The number of nitrogens with zero attached hydrogens (tertiary/aromatic N) is 3. The van der Waals surface area contributed by atoms with E-state index in [0.29, 0.717) is 11.4 Å². The second kappa shape index (κ2) is 15.9. The normalized spacial score (nSPS) is 12.2. The Balaban J connectivity index is 1.00. The maximum atomic E-state index is 10.1. The smallest absolute Gasteiger partial charge is 0.160 e. The van der Waals surface area contributed by atoms with Crippen molar-refractivity contribution in [3.05, 3.63) is 264 Å². The maximum Gasteiger partial charge on any atom is 0.160 e. The van der Waals surface area contributed by atoms with Gasteiger partial charge >= 0.3 is 0 Å². The highest BCUT2D eigenvalue weighted by Crippen LogP contribution is 2.57. The van der Waals surface area contributed by atoms with Gasteiger partial charge in [0.25, 0.3) is 0 Å². The van der Waals surface area contributed by atoms with Gasteiger partial charge in [0, 0.05) is 16.7 Å². The molecule has 9 aromatic carbocycles. The highest BCUT2D eigenvalue weighted by Gasteiger charge is 2.46. The third kappa shape index (κ3) is 6.72. The second-order valence-corrected chi connectivity index (χ2v) is 16.0. The fraction of sp³-hybridized carbons (Fsp3) is 0.0167. The van der Waals surface area contributed by atoms with Gasteiger partial charge in [0.05, 0.1) is 28.4 Å². The predicted octanol–water partition coefficient (Wildman–Crippen LogP) is 14.7. The Hall–Kier alpha value is -8.45. The Bertz CT molecular complexity index is 3140. The molecule has 0 aliphatic heterocycles. The van der Waals surface area contributed by atoms with E-state index < -0.39 is 5.41 Å². The Morgan fingerprint density at radius 1 is 0.317 bits per heavy atom. The monoisotopic (exact) mass is 801 g/mol. The molecule has 0 spiro atoms. The summed E-state index contributed by atoms with van der Waals surface area (Å²) in [5.74, 6) is 0.665. The van der Waals surface area contributed by atoms with Crippen molar-refractivity contribution in [3.8, 4) is 84.5 Å². The quantitative estimate of drug-likeness (QED) is 0.154. The molecule has 1 heterocycles. The van der Waals surface area contributed by atoms with Crippen LogP contribution in [0.5, 0.6) is 0 Å². The Morgan fingerprint density at radius 3 is 1.16 bits per heavy atom. The molecule has 63 heavy (non-hydrogen) atoms. The number of benzene rings is 9. The first-order valence-corrected chi connectivity index (χ1v) is 21.3. The van der Waals surface area contributed by atoms with Gasteiger partial charge < -0.3 is 0 Å². The molecular formula is C60H39N3. The molecule has 1 aromatic heterocycles. The molecule has 0 saturated heterocycles. The highest BCUT2D eigenvalue weighted by atomic mass is 14.9. The van der Waals surface area contributed by atoms with Gasteiger partial charge in [-0.25, -0.2) is 9.97 Å². The van der Waals surface area contributed by atoms with Crippen LogP contribution in [-0.4, -0.2) is 9.97 Å². The molecule has 0 radical (unpaired) electrons. The number of fused-ring (bicyclic) bond motifs is 3. The third-order valence-corrected chi connectivity index (χ3v) is 12.5. The number of rotatable bonds is 8. The van der Waals surface area contributed by atoms with Crippen molar-refractivity contribution in [2.24, 2.45) is 0 Å². The minimum absolute atomic E-state index is 0.612. The highest BCUT2D eigenvalue weighted by molar-refractivity contribution is 5.89. The van der Waals surface area contributed by atoms with E-state index in [1.165, 1.54) is 22.3 Å². The summed E-state index contributed by atoms with van der Waals surface area (Å²) in [6, 6.07) is 85.7. The number of hydrogen-bond donors (Lipinski definition) is 0. The van der Waals surface area contributed by atoms with Crippen LogP contribution in [0.25, 0.3) is 78.4 Å². The Morgan fingerprint density at radius 2 is 0.683 bits per heavy atom. The van der Waals surface area contributed by atoms with Crippen molar-refractivity contribution in [1.29, 1.82) is 5.26 Å². The number of nitriles is 1. The molecule has 0 atom stereocenters. The van der Waals surface area contributed by atoms with E-state index in [-0.39, 0.29) is 0 Å². The van der Waals surface area contributed by atoms with Crippen molar-refractivity contribution < 1.29 is 0 Å². The lowest BCUT2D eigenvalue weighted by Crippen LogP contribution is -2.28. The predicted molar refractivity (Wildman–Crippen MR) is 257 cm³/mol. The van der Waals surface area contributed by atoms with Gasteiger partial charge in [0.2, 0.25) is 0 Å². The van der Waals surface area contributed by atoms with E-state index in [9.17, 15) is 5.26 Å². The SMILES string of the molecule is N#Cc1ccc2c(c1)C(c1ccccc1)(c1ccccc1)c1cc(-c3ccc(-c4nc(-c5ccc(-c6ccccc6)cc5)cc(-c5ccc(-c6ccccc6)cc5)n4)cc3)ccc1-2. The van der Waals surface area contributed by atoms with E-state index in [1.807, 2.05) is 18.2 Å². The lowest BCUT2D eigenvalue weighted by molar-refractivity contribution is 0.768. The van der Waals surface area contributed by atoms with E-state index in [2.05, 4.69) is 224 Å². The molecule has 10 aromatic rings. The van der Waals surface area contributed by atoms with Gasteiger partial charge in [-0.1, -0.05) is 212 Å².